The van der Waals surface area contributed by atoms with Gasteiger partial charge in [-0.2, -0.15) is 0 Å². The van der Waals surface area contributed by atoms with E-state index in [0.717, 1.165) is 23.3 Å². The van der Waals surface area contributed by atoms with E-state index in [-0.39, 0.29) is 0 Å². The van der Waals surface area contributed by atoms with Crippen molar-refractivity contribution in [2.45, 2.75) is 31.7 Å². The van der Waals surface area contributed by atoms with Gasteiger partial charge in [-0.05, 0) is 86.2 Å². The monoisotopic (exact) mass is 494 g/mol. The third-order valence-corrected chi connectivity index (χ3v) is 8.56. The van der Waals surface area contributed by atoms with E-state index in [1.807, 2.05) is 24.3 Å². The molecule has 0 bridgehead atoms. The minimum atomic E-state index is 0.620. The molecule has 2 unspecified atom stereocenters. The molecule has 0 aliphatic heterocycles. The molecule has 4 aromatic rings. The minimum absolute atomic E-state index is 0.620. The number of anilines is 1. The van der Waals surface area contributed by atoms with E-state index >= 15 is 0 Å². The Balaban J connectivity index is 1.38. The maximum absolute atomic E-state index is 6.28. The van der Waals surface area contributed by atoms with Crippen molar-refractivity contribution in [3.8, 4) is 9.75 Å². The predicted octanol–water partition coefficient (Wildman–Crippen LogP) is 7.43. The molecule has 170 valence electrons. The molecule has 5 rings (SSSR count). The fourth-order valence-corrected chi connectivity index (χ4v) is 6.37. The Bertz CT molecular complexity index is 1250. The van der Waals surface area contributed by atoms with Crippen LogP contribution in [0.25, 0.3) is 32.8 Å². The van der Waals surface area contributed by atoms with E-state index in [1.54, 1.807) is 22.7 Å². The second-order valence-electron chi connectivity index (χ2n) is 8.50. The van der Waals surface area contributed by atoms with Gasteiger partial charge >= 0.3 is 0 Å². The summed E-state index contributed by atoms with van der Waals surface area (Å²) >= 11 is 9.82. The van der Waals surface area contributed by atoms with Crippen LogP contribution in [-0.2, 0) is 0 Å². The molecule has 0 spiro atoms. The Morgan fingerprint density at radius 3 is 2.88 bits per heavy atom. The number of benzene rings is 1. The van der Waals surface area contributed by atoms with Crippen LogP contribution < -0.4 is 10.6 Å². The predicted molar refractivity (Wildman–Crippen MR) is 144 cm³/mol. The van der Waals surface area contributed by atoms with Gasteiger partial charge in [-0.3, -0.25) is 0 Å². The number of fused-ring (bicyclic) bond motifs is 1. The average Bonchev–Trinajstić information content (AvgIpc) is 3.53. The molecule has 1 saturated carbocycles. The Kier molecular flexibility index (Phi) is 7.07. The van der Waals surface area contributed by atoms with Gasteiger partial charge in [0.15, 0.2) is 5.82 Å². The van der Waals surface area contributed by atoms with Crippen molar-refractivity contribution in [2.75, 3.05) is 18.9 Å². The second-order valence-corrected chi connectivity index (χ2v) is 11.0. The van der Waals surface area contributed by atoms with E-state index in [4.69, 9.17) is 21.6 Å². The first kappa shape index (κ1) is 22.5. The van der Waals surface area contributed by atoms with Gasteiger partial charge in [-0.15, -0.1) is 22.7 Å². The Hall–Kier alpha value is -2.25. The summed E-state index contributed by atoms with van der Waals surface area (Å²) in [5.74, 6) is 2.22. The molecule has 0 amide bonds. The van der Waals surface area contributed by atoms with Crippen LogP contribution in [0.3, 0.4) is 0 Å². The smallest absolute Gasteiger partial charge is 0.155 e. The first-order chi connectivity index (χ1) is 16.2. The third kappa shape index (κ3) is 5.46. The Morgan fingerprint density at radius 2 is 2.03 bits per heavy atom. The molecule has 2 atom stereocenters. The molecule has 33 heavy (non-hydrogen) atoms. The van der Waals surface area contributed by atoms with Gasteiger partial charge in [-0.25, -0.2) is 9.97 Å². The number of aromatic nitrogens is 2. The highest BCUT2D eigenvalue weighted by Crippen LogP contribution is 2.32. The summed E-state index contributed by atoms with van der Waals surface area (Å²) in [4.78, 5) is 13.4. The fourth-order valence-electron chi connectivity index (χ4n) is 4.46. The topological polar surface area (TPSA) is 49.8 Å². The summed E-state index contributed by atoms with van der Waals surface area (Å²) in [6.07, 6.45) is 9.10. The van der Waals surface area contributed by atoms with Gasteiger partial charge in [0, 0.05) is 37.6 Å². The molecule has 4 nitrogen and oxygen atoms in total. The highest BCUT2D eigenvalue weighted by molar-refractivity contribution is 7.21. The van der Waals surface area contributed by atoms with E-state index in [1.165, 1.54) is 40.3 Å². The Labute approximate surface area is 207 Å². The molecule has 3 heterocycles. The SMILES string of the molecule is CNC1CCCC(CNc2nc(/C=C/c3ccc(-c4cccs4)s3)nc3cc(Cl)ccc23)C1. The lowest BCUT2D eigenvalue weighted by atomic mass is 9.86. The maximum atomic E-state index is 6.28. The van der Waals surface area contributed by atoms with E-state index in [2.05, 4.69) is 53.4 Å². The van der Waals surface area contributed by atoms with Crippen molar-refractivity contribution >= 4 is 63.1 Å². The molecule has 2 N–H and O–H groups in total. The summed E-state index contributed by atoms with van der Waals surface area (Å²) in [5, 5.41) is 10.9. The highest BCUT2D eigenvalue weighted by Gasteiger charge is 2.21. The van der Waals surface area contributed by atoms with Crippen LogP contribution in [0.5, 0.6) is 0 Å². The van der Waals surface area contributed by atoms with Gasteiger partial charge in [0.1, 0.15) is 5.82 Å². The number of nitrogens with zero attached hydrogens (tertiary/aromatic N) is 2. The van der Waals surface area contributed by atoms with Gasteiger partial charge in [0.25, 0.3) is 0 Å². The lowest BCUT2D eigenvalue weighted by molar-refractivity contribution is 0.306. The average molecular weight is 495 g/mol. The summed E-state index contributed by atoms with van der Waals surface area (Å²) < 4.78 is 0. The molecule has 1 aromatic carbocycles. The molecule has 7 heteroatoms. The lowest BCUT2D eigenvalue weighted by Gasteiger charge is -2.29. The molecule has 3 aromatic heterocycles. The van der Waals surface area contributed by atoms with Gasteiger partial charge in [0.2, 0.25) is 0 Å². The quantitative estimate of drug-likeness (QED) is 0.280. The second kappa shape index (κ2) is 10.3. The third-order valence-electron chi connectivity index (χ3n) is 6.21. The van der Waals surface area contributed by atoms with E-state index < -0.39 is 0 Å². The van der Waals surface area contributed by atoms with Crippen LogP contribution >= 0.6 is 34.3 Å². The summed E-state index contributed by atoms with van der Waals surface area (Å²) in [7, 11) is 2.07. The largest absolute Gasteiger partial charge is 0.369 e. The molecule has 0 radical (unpaired) electrons. The Morgan fingerprint density at radius 1 is 1.09 bits per heavy atom. The lowest BCUT2D eigenvalue weighted by Crippen LogP contribution is -2.33. The zero-order valence-corrected chi connectivity index (χ0v) is 20.9. The van der Waals surface area contributed by atoms with Crippen LogP contribution in [0.15, 0.2) is 47.8 Å². The minimum Gasteiger partial charge on any atom is -0.369 e. The molecule has 1 fully saturated rings. The summed E-state index contributed by atoms with van der Waals surface area (Å²) in [5.41, 5.74) is 0.863. The number of halogens is 1. The summed E-state index contributed by atoms with van der Waals surface area (Å²) in [6.45, 7) is 0.922. The molecule has 0 saturated heterocycles. The van der Waals surface area contributed by atoms with Crippen molar-refractivity contribution in [3.63, 3.8) is 0 Å². The van der Waals surface area contributed by atoms with Crippen molar-refractivity contribution in [2.24, 2.45) is 5.92 Å². The van der Waals surface area contributed by atoms with Crippen LogP contribution in [0, 0.1) is 5.92 Å². The van der Waals surface area contributed by atoms with Crippen LogP contribution in [0.4, 0.5) is 5.82 Å². The number of hydrogen-bond donors (Lipinski definition) is 2. The molecular formula is C26H27ClN4S2. The van der Waals surface area contributed by atoms with Crippen LogP contribution in [-0.4, -0.2) is 29.6 Å². The van der Waals surface area contributed by atoms with E-state index in [9.17, 15) is 0 Å². The van der Waals surface area contributed by atoms with Crippen molar-refractivity contribution in [1.82, 2.24) is 15.3 Å². The highest BCUT2D eigenvalue weighted by atomic mass is 35.5. The first-order valence-electron chi connectivity index (χ1n) is 11.4. The fraction of sp³-hybridized carbons (Fsp3) is 0.308. The van der Waals surface area contributed by atoms with Gasteiger partial charge < -0.3 is 10.6 Å². The first-order valence-corrected chi connectivity index (χ1v) is 13.5. The molecule has 1 aliphatic carbocycles. The normalized spacial score (nSPS) is 18.8. The van der Waals surface area contributed by atoms with E-state index in [0.29, 0.717) is 22.8 Å². The van der Waals surface area contributed by atoms with Gasteiger partial charge in [0.05, 0.1) is 5.52 Å². The van der Waals surface area contributed by atoms with Gasteiger partial charge in [-0.1, -0.05) is 24.1 Å². The summed E-state index contributed by atoms with van der Waals surface area (Å²) in [6, 6.07) is 15.0. The zero-order chi connectivity index (χ0) is 22.6. The maximum Gasteiger partial charge on any atom is 0.155 e. The molecular weight excluding hydrogens is 468 g/mol. The standard InChI is InChI=1S/C26H27ClN4S2/c1-28-19-5-2-4-17(14-19)16-29-26-21-10-7-18(27)15-22(21)30-25(31-26)12-9-20-8-11-24(33-20)23-6-3-13-32-23/h3,6-13,15,17,19,28H,2,4-5,14,16H2,1H3,(H,29,30,31)/b12-9+. The van der Waals surface area contributed by atoms with Crippen molar-refractivity contribution in [1.29, 1.82) is 0 Å². The van der Waals surface area contributed by atoms with Crippen LogP contribution in [0.2, 0.25) is 5.02 Å². The number of thiophene rings is 2. The number of rotatable bonds is 7. The number of nitrogens with one attached hydrogen (secondary N) is 2. The van der Waals surface area contributed by atoms with Crippen molar-refractivity contribution < 1.29 is 0 Å². The van der Waals surface area contributed by atoms with Crippen LogP contribution in [0.1, 0.15) is 36.4 Å². The van der Waals surface area contributed by atoms with Crippen molar-refractivity contribution in [3.05, 3.63) is 63.6 Å². The number of hydrogen-bond acceptors (Lipinski definition) is 6. The zero-order valence-electron chi connectivity index (χ0n) is 18.6. The molecule has 1 aliphatic rings.